The highest BCUT2D eigenvalue weighted by atomic mass is 16.5. The van der Waals surface area contributed by atoms with Crippen LogP contribution in [0.4, 0.5) is 0 Å². The van der Waals surface area contributed by atoms with E-state index in [1.165, 1.54) is 5.56 Å². The minimum absolute atomic E-state index is 0.0775. The molecule has 0 aromatic heterocycles. The Morgan fingerprint density at radius 3 is 3.07 bits per heavy atom. The Labute approximate surface area is 82.3 Å². The normalized spacial score (nSPS) is 18.8. The fourth-order valence-electron chi connectivity index (χ4n) is 1.80. The zero-order chi connectivity index (χ0) is 10.1. The van der Waals surface area contributed by atoms with E-state index in [1.54, 1.807) is 0 Å². The summed E-state index contributed by atoms with van der Waals surface area (Å²) in [5.74, 6) is 0.0386. The van der Waals surface area contributed by atoms with Crippen molar-refractivity contribution in [1.82, 2.24) is 0 Å². The lowest BCUT2D eigenvalue weighted by Crippen LogP contribution is -2.17. The van der Waals surface area contributed by atoms with Crippen molar-refractivity contribution in [2.24, 2.45) is 0 Å². The number of carboxylic acid groups (broad SMARTS) is 1. The van der Waals surface area contributed by atoms with E-state index >= 15 is 0 Å². The maximum atomic E-state index is 10.5. The van der Waals surface area contributed by atoms with Crippen molar-refractivity contribution in [3.8, 4) is 5.75 Å². The topological polar surface area (TPSA) is 46.5 Å². The zero-order valence-electron chi connectivity index (χ0n) is 7.99. The molecule has 3 heteroatoms. The Morgan fingerprint density at radius 2 is 2.43 bits per heavy atom. The molecule has 1 heterocycles. The zero-order valence-corrected chi connectivity index (χ0v) is 7.99. The van der Waals surface area contributed by atoms with Crippen LogP contribution in [-0.2, 0) is 11.2 Å². The number of carboxylic acids is 1. The number of aliphatic carboxylic acids is 1. The molecule has 2 rings (SSSR count). The lowest BCUT2D eigenvalue weighted by molar-refractivity contribution is -0.138. The summed E-state index contributed by atoms with van der Waals surface area (Å²) in [4.78, 5) is 10.5. The molecule has 1 unspecified atom stereocenters. The Hall–Kier alpha value is -1.51. The number of hydrogen-bond donors (Lipinski definition) is 1. The van der Waals surface area contributed by atoms with Crippen LogP contribution in [0.5, 0.6) is 5.75 Å². The minimum Gasteiger partial charge on any atom is -0.489 e. The summed E-state index contributed by atoms with van der Waals surface area (Å²) < 4.78 is 5.52. The van der Waals surface area contributed by atoms with Crippen LogP contribution >= 0.6 is 0 Å². The van der Waals surface area contributed by atoms with E-state index in [0.717, 1.165) is 11.3 Å². The number of fused-ring (bicyclic) bond motifs is 1. The molecule has 1 aromatic rings. The first-order valence-corrected chi connectivity index (χ1v) is 4.64. The summed E-state index contributed by atoms with van der Waals surface area (Å²) in [6, 6.07) is 5.84. The first-order chi connectivity index (χ1) is 6.66. The summed E-state index contributed by atoms with van der Waals surface area (Å²) >= 11 is 0. The molecular weight excluding hydrogens is 180 g/mol. The van der Waals surface area contributed by atoms with Gasteiger partial charge >= 0.3 is 5.97 Å². The van der Waals surface area contributed by atoms with Crippen molar-refractivity contribution in [1.29, 1.82) is 0 Å². The van der Waals surface area contributed by atoms with Gasteiger partial charge < -0.3 is 9.84 Å². The van der Waals surface area contributed by atoms with Crippen LogP contribution in [0.25, 0.3) is 0 Å². The van der Waals surface area contributed by atoms with Gasteiger partial charge in [-0.2, -0.15) is 0 Å². The second-order valence-corrected chi connectivity index (χ2v) is 3.59. The Morgan fingerprint density at radius 1 is 1.64 bits per heavy atom. The van der Waals surface area contributed by atoms with Crippen molar-refractivity contribution in [3.63, 3.8) is 0 Å². The van der Waals surface area contributed by atoms with E-state index in [4.69, 9.17) is 9.84 Å². The molecule has 1 aliphatic rings. The van der Waals surface area contributed by atoms with Gasteiger partial charge in [-0.3, -0.25) is 4.79 Å². The van der Waals surface area contributed by atoms with Gasteiger partial charge in [0.25, 0.3) is 0 Å². The molecule has 1 aromatic carbocycles. The van der Waals surface area contributed by atoms with Crippen LogP contribution in [0.2, 0.25) is 0 Å². The highest BCUT2D eigenvalue weighted by Crippen LogP contribution is 2.31. The molecule has 3 nitrogen and oxygen atoms in total. The molecule has 0 saturated carbocycles. The second kappa shape index (κ2) is 3.33. The van der Waals surface area contributed by atoms with Gasteiger partial charge in [0.1, 0.15) is 11.9 Å². The molecule has 0 radical (unpaired) electrons. The smallest absolute Gasteiger partial charge is 0.307 e. The number of rotatable bonds is 2. The van der Waals surface area contributed by atoms with E-state index in [0.29, 0.717) is 6.42 Å². The average molecular weight is 192 g/mol. The number of ether oxygens (including phenoxy) is 1. The molecule has 0 saturated heterocycles. The van der Waals surface area contributed by atoms with Crippen LogP contribution in [0.3, 0.4) is 0 Å². The van der Waals surface area contributed by atoms with E-state index in [-0.39, 0.29) is 12.5 Å². The fraction of sp³-hybridized carbons (Fsp3) is 0.364. The molecule has 0 bridgehead atoms. The largest absolute Gasteiger partial charge is 0.489 e. The van der Waals surface area contributed by atoms with Crippen molar-refractivity contribution in [2.45, 2.75) is 25.9 Å². The number of carbonyl (C=O) groups is 1. The van der Waals surface area contributed by atoms with Crippen LogP contribution < -0.4 is 4.74 Å². The van der Waals surface area contributed by atoms with Crippen molar-refractivity contribution in [2.75, 3.05) is 0 Å². The SMILES string of the molecule is Cc1cccc2c1CC(CC(=O)O)O2. The third-order valence-corrected chi connectivity index (χ3v) is 2.49. The van der Waals surface area contributed by atoms with E-state index in [9.17, 15) is 4.79 Å². The van der Waals surface area contributed by atoms with Gasteiger partial charge in [0, 0.05) is 12.0 Å². The third kappa shape index (κ3) is 1.58. The van der Waals surface area contributed by atoms with E-state index in [2.05, 4.69) is 0 Å². The summed E-state index contributed by atoms with van der Waals surface area (Å²) in [7, 11) is 0. The summed E-state index contributed by atoms with van der Waals surface area (Å²) in [6.07, 6.45) is 0.603. The van der Waals surface area contributed by atoms with Gasteiger partial charge in [0.05, 0.1) is 6.42 Å². The maximum absolute atomic E-state index is 10.5. The van der Waals surface area contributed by atoms with Gasteiger partial charge in [-0.15, -0.1) is 0 Å². The standard InChI is InChI=1S/C11H12O3/c1-7-3-2-4-10-9(7)5-8(14-10)6-11(12)13/h2-4,8H,5-6H2,1H3,(H,12,13). The fourth-order valence-corrected chi connectivity index (χ4v) is 1.80. The lowest BCUT2D eigenvalue weighted by atomic mass is 10.0. The van der Waals surface area contributed by atoms with Gasteiger partial charge in [0.15, 0.2) is 0 Å². The molecule has 74 valence electrons. The lowest BCUT2D eigenvalue weighted by Gasteiger charge is -2.06. The van der Waals surface area contributed by atoms with E-state index in [1.807, 2.05) is 25.1 Å². The molecule has 0 amide bonds. The molecule has 0 fully saturated rings. The molecule has 14 heavy (non-hydrogen) atoms. The minimum atomic E-state index is -0.805. The maximum Gasteiger partial charge on any atom is 0.307 e. The highest BCUT2D eigenvalue weighted by molar-refractivity contribution is 5.67. The summed E-state index contributed by atoms with van der Waals surface area (Å²) in [5.41, 5.74) is 2.33. The highest BCUT2D eigenvalue weighted by Gasteiger charge is 2.25. The van der Waals surface area contributed by atoms with Crippen molar-refractivity contribution >= 4 is 5.97 Å². The molecule has 1 N–H and O–H groups in total. The van der Waals surface area contributed by atoms with Crippen LogP contribution in [0.1, 0.15) is 17.5 Å². The van der Waals surface area contributed by atoms with Crippen molar-refractivity contribution in [3.05, 3.63) is 29.3 Å². The van der Waals surface area contributed by atoms with Gasteiger partial charge in [-0.05, 0) is 18.6 Å². The Balaban J connectivity index is 2.18. The predicted molar refractivity (Wildman–Crippen MR) is 51.6 cm³/mol. The van der Waals surface area contributed by atoms with Gasteiger partial charge in [0.2, 0.25) is 0 Å². The Kier molecular flexibility index (Phi) is 2.15. The third-order valence-electron chi connectivity index (χ3n) is 2.49. The average Bonchev–Trinajstić information content (AvgIpc) is 2.47. The number of hydrogen-bond acceptors (Lipinski definition) is 2. The van der Waals surface area contributed by atoms with Crippen LogP contribution in [0.15, 0.2) is 18.2 Å². The van der Waals surface area contributed by atoms with Crippen LogP contribution in [-0.4, -0.2) is 17.2 Å². The quantitative estimate of drug-likeness (QED) is 0.776. The number of aryl methyl sites for hydroxylation is 1. The van der Waals surface area contributed by atoms with Gasteiger partial charge in [-0.1, -0.05) is 12.1 Å². The van der Waals surface area contributed by atoms with E-state index < -0.39 is 5.97 Å². The monoisotopic (exact) mass is 192 g/mol. The summed E-state index contributed by atoms with van der Waals surface area (Å²) in [6.45, 7) is 2.02. The predicted octanol–water partition coefficient (Wildman–Crippen LogP) is 1.77. The molecule has 0 spiro atoms. The van der Waals surface area contributed by atoms with Crippen LogP contribution in [0, 0.1) is 6.92 Å². The Bertz CT molecular complexity index is 371. The number of benzene rings is 1. The first-order valence-electron chi connectivity index (χ1n) is 4.64. The second-order valence-electron chi connectivity index (χ2n) is 3.59. The first kappa shape index (κ1) is 9.06. The summed E-state index contributed by atoms with van der Waals surface area (Å²) in [5, 5.41) is 8.64. The van der Waals surface area contributed by atoms with Gasteiger partial charge in [-0.25, -0.2) is 0 Å². The molecule has 0 aliphatic carbocycles. The van der Waals surface area contributed by atoms with Crippen molar-refractivity contribution < 1.29 is 14.6 Å². The molecule has 1 aliphatic heterocycles. The molecule has 1 atom stereocenters. The molecular formula is C11H12O3.